The Kier molecular flexibility index (Phi) is 8.30. The van der Waals surface area contributed by atoms with E-state index in [9.17, 15) is 9.18 Å². The van der Waals surface area contributed by atoms with Gasteiger partial charge in [0.05, 0.1) is 18.0 Å². The van der Waals surface area contributed by atoms with Crippen LogP contribution in [0.15, 0.2) is 77.9 Å². The summed E-state index contributed by atoms with van der Waals surface area (Å²) in [5, 5.41) is 3.29. The number of carbonyl (C=O) groups excluding carboxylic acids is 1. The average Bonchev–Trinajstić information content (AvgIpc) is 3.17. The third-order valence-electron chi connectivity index (χ3n) is 8.02. The molecule has 214 valence electrons. The van der Waals surface area contributed by atoms with Crippen LogP contribution in [0.4, 0.5) is 16.0 Å². The van der Waals surface area contributed by atoms with E-state index < -0.39 is 0 Å². The fourth-order valence-electron chi connectivity index (χ4n) is 5.62. The number of benzene rings is 3. The normalized spacial score (nSPS) is 15.1. The molecule has 0 saturated carbocycles. The maximum absolute atomic E-state index is 14.9. The molecule has 0 unspecified atom stereocenters. The molecule has 6 rings (SSSR count). The van der Waals surface area contributed by atoms with Crippen LogP contribution in [0.2, 0.25) is 0 Å². The summed E-state index contributed by atoms with van der Waals surface area (Å²) in [4.78, 5) is 31.6. The van der Waals surface area contributed by atoms with Gasteiger partial charge in [0.1, 0.15) is 5.82 Å². The van der Waals surface area contributed by atoms with Crippen molar-refractivity contribution in [3.8, 4) is 11.3 Å². The van der Waals surface area contributed by atoms with E-state index >= 15 is 0 Å². The number of hydrogen-bond donors (Lipinski definition) is 1. The molecule has 9 heteroatoms. The van der Waals surface area contributed by atoms with Crippen LogP contribution in [0.25, 0.3) is 11.3 Å². The van der Waals surface area contributed by atoms with E-state index in [0.29, 0.717) is 35.4 Å². The molecule has 3 heterocycles. The van der Waals surface area contributed by atoms with Crippen LogP contribution in [0, 0.1) is 5.82 Å². The highest BCUT2D eigenvalue weighted by molar-refractivity contribution is 14.1. The summed E-state index contributed by atoms with van der Waals surface area (Å²) in [7, 11) is 4.19. The summed E-state index contributed by atoms with van der Waals surface area (Å²) in [6, 6.07) is 20.9. The first-order valence-electron chi connectivity index (χ1n) is 14.1. The first-order valence-corrected chi connectivity index (χ1v) is 15.6. The van der Waals surface area contributed by atoms with Crippen LogP contribution < -0.4 is 5.32 Å². The molecule has 1 aromatic heterocycles. The van der Waals surface area contributed by atoms with Gasteiger partial charge in [-0.15, -0.1) is 0 Å². The summed E-state index contributed by atoms with van der Waals surface area (Å²) in [6.45, 7) is 1.89. The number of fused-ring (bicyclic) bond motifs is 3. The van der Waals surface area contributed by atoms with Gasteiger partial charge in [0, 0.05) is 63.3 Å². The summed E-state index contributed by atoms with van der Waals surface area (Å²) in [5.74, 6) is 0.200. The molecule has 4 aromatic rings. The zero-order valence-corrected chi connectivity index (χ0v) is 25.8. The van der Waals surface area contributed by atoms with Crippen molar-refractivity contribution in [3.63, 3.8) is 0 Å². The summed E-state index contributed by atoms with van der Waals surface area (Å²) in [5.41, 5.74) is 7.07. The van der Waals surface area contributed by atoms with Crippen molar-refractivity contribution >= 4 is 45.8 Å². The van der Waals surface area contributed by atoms with Gasteiger partial charge in [-0.05, 0) is 75.0 Å². The zero-order chi connectivity index (χ0) is 29.2. The van der Waals surface area contributed by atoms with Crippen LogP contribution in [-0.2, 0) is 11.0 Å². The van der Waals surface area contributed by atoms with Crippen molar-refractivity contribution in [2.75, 3.05) is 32.5 Å². The van der Waals surface area contributed by atoms with E-state index in [2.05, 4.69) is 64.0 Å². The predicted molar refractivity (Wildman–Crippen MR) is 173 cm³/mol. The van der Waals surface area contributed by atoms with Crippen molar-refractivity contribution in [3.05, 3.63) is 107 Å². The molecule has 2 aliphatic rings. The second-order valence-corrected chi connectivity index (χ2v) is 11.7. The average molecular weight is 675 g/mol. The van der Waals surface area contributed by atoms with Crippen LogP contribution >= 0.6 is 22.6 Å². The van der Waals surface area contributed by atoms with E-state index in [1.54, 1.807) is 18.3 Å². The monoisotopic (exact) mass is 674 g/mol. The Morgan fingerprint density at radius 2 is 1.79 bits per heavy atom. The molecular formula is C33H32FIN6O. The third kappa shape index (κ3) is 5.80. The Morgan fingerprint density at radius 1 is 1.02 bits per heavy atom. The third-order valence-corrected chi connectivity index (χ3v) is 8.90. The molecule has 0 spiro atoms. The number of halogens is 2. The number of nitrogens with one attached hydrogen (secondary N) is 1. The van der Waals surface area contributed by atoms with Crippen LogP contribution in [0.1, 0.15) is 45.5 Å². The lowest BCUT2D eigenvalue weighted by molar-refractivity contribution is 0.0663. The standard InChI is InChI=1S/C33H32FIN6O/c1-40(2)25-13-15-41(16-14-25)32(42)22-8-10-24(11-9-22)38-33-37-20-23-19-36-31(27-5-3-4-6-29(27)34)28-17-21(18-35)7-12-26(28)30(23)39-33/h3-12,17,20,25H,13-16,18-19H2,1-2H3,(H,37,38,39). The second kappa shape index (κ2) is 12.3. The number of alkyl halides is 1. The van der Waals surface area contributed by atoms with E-state index in [1.807, 2.05) is 41.3 Å². The van der Waals surface area contributed by atoms with Gasteiger partial charge in [-0.25, -0.2) is 14.4 Å². The van der Waals surface area contributed by atoms with Crippen molar-refractivity contribution in [2.24, 2.45) is 4.99 Å². The number of hydrogen-bond acceptors (Lipinski definition) is 6. The topological polar surface area (TPSA) is 73.7 Å². The Balaban J connectivity index is 1.25. The number of aliphatic imine (C=N–C) groups is 1. The van der Waals surface area contributed by atoms with Gasteiger partial charge in [0.25, 0.3) is 5.91 Å². The van der Waals surface area contributed by atoms with Gasteiger partial charge in [-0.1, -0.05) is 46.9 Å². The highest BCUT2D eigenvalue weighted by Crippen LogP contribution is 2.34. The smallest absolute Gasteiger partial charge is 0.253 e. The number of likely N-dealkylation sites (tertiary alicyclic amines) is 1. The number of rotatable bonds is 6. The SMILES string of the molecule is CN(C)C1CCN(C(=O)c2ccc(Nc3ncc4c(n3)-c3ccc(CI)cc3C(c3ccccc3F)=NC4)cc2)CC1. The van der Waals surface area contributed by atoms with E-state index in [4.69, 9.17) is 9.98 Å². The highest BCUT2D eigenvalue weighted by Gasteiger charge is 2.25. The number of nitrogens with zero attached hydrogens (tertiary/aromatic N) is 5. The molecule has 0 radical (unpaired) electrons. The minimum absolute atomic E-state index is 0.0631. The number of carbonyl (C=O) groups is 1. The fourth-order valence-corrected chi connectivity index (χ4v) is 6.09. The Hall–Kier alpha value is -3.70. The van der Waals surface area contributed by atoms with Crippen molar-refractivity contribution < 1.29 is 9.18 Å². The van der Waals surface area contributed by atoms with Crippen LogP contribution in [0.5, 0.6) is 0 Å². The molecule has 1 fully saturated rings. The predicted octanol–water partition coefficient (Wildman–Crippen LogP) is 6.48. The number of amides is 1. The van der Waals surface area contributed by atoms with Gasteiger partial charge >= 0.3 is 0 Å². The molecule has 7 nitrogen and oxygen atoms in total. The first-order chi connectivity index (χ1) is 20.4. The summed E-state index contributed by atoms with van der Waals surface area (Å²) < 4.78 is 15.7. The van der Waals surface area contributed by atoms with Gasteiger partial charge < -0.3 is 15.1 Å². The lowest BCUT2D eigenvalue weighted by Crippen LogP contribution is -2.44. The molecule has 1 amide bonds. The quantitative estimate of drug-likeness (QED) is 0.187. The Bertz CT molecular complexity index is 1650. The molecule has 3 aromatic carbocycles. The van der Waals surface area contributed by atoms with Gasteiger partial charge in [-0.2, -0.15) is 0 Å². The number of aromatic nitrogens is 2. The Morgan fingerprint density at radius 3 is 2.50 bits per heavy atom. The highest BCUT2D eigenvalue weighted by atomic mass is 127. The van der Waals surface area contributed by atoms with Gasteiger partial charge in [0.15, 0.2) is 0 Å². The Labute approximate surface area is 259 Å². The van der Waals surface area contributed by atoms with E-state index in [-0.39, 0.29) is 11.7 Å². The molecule has 2 aliphatic heterocycles. The molecule has 1 saturated heterocycles. The fraction of sp³-hybridized carbons (Fsp3) is 0.273. The lowest BCUT2D eigenvalue weighted by atomic mass is 9.93. The lowest BCUT2D eigenvalue weighted by Gasteiger charge is -2.35. The summed E-state index contributed by atoms with van der Waals surface area (Å²) >= 11 is 2.33. The molecule has 42 heavy (non-hydrogen) atoms. The molecule has 1 N–H and O–H groups in total. The van der Waals surface area contributed by atoms with Crippen LogP contribution in [-0.4, -0.2) is 64.6 Å². The zero-order valence-electron chi connectivity index (χ0n) is 23.6. The number of anilines is 2. The van der Waals surface area contributed by atoms with Crippen molar-refractivity contribution in [1.29, 1.82) is 0 Å². The summed E-state index contributed by atoms with van der Waals surface area (Å²) in [6.07, 6.45) is 3.76. The van der Waals surface area contributed by atoms with Crippen LogP contribution in [0.3, 0.4) is 0 Å². The molecule has 0 bridgehead atoms. The second-order valence-electron chi connectivity index (χ2n) is 10.9. The maximum Gasteiger partial charge on any atom is 0.253 e. The minimum Gasteiger partial charge on any atom is -0.339 e. The first kappa shape index (κ1) is 28.4. The molecular weight excluding hydrogens is 642 g/mol. The van der Waals surface area contributed by atoms with E-state index in [1.165, 1.54) is 6.07 Å². The van der Waals surface area contributed by atoms with E-state index in [0.717, 1.165) is 64.0 Å². The van der Waals surface area contributed by atoms with Gasteiger partial charge in [-0.3, -0.25) is 9.79 Å². The van der Waals surface area contributed by atoms with Crippen molar-refractivity contribution in [2.45, 2.75) is 29.9 Å². The molecule has 0 atom stereocenters. The van der Waals surface area contributed by atoms with Gasteiger partial charge in [0.2, 0.25) is 5.95 Å². The maximum atomic E-state index is 14.9. The molecule has 0 aliphatic carbocycles. The minimum atomic E-state index is -0.304. The number of piperidine rings is 1. The van der Waals surface area contributed by atoms with Crippen molar-refractivity contribution in [1.82, 2.24) is 19.8 Å². The largest absolute Gasteiger partial charge is 0.339 e.